The minimum atomic E-state index is -0.223. The van der Waals surface area contributed by atoms with E-state index in [4.69, 9.17) is 4.74 Å². The quantitative estimate of drug-likeness (QED) is 0.515. The number of carbonyl (C=O) groups excluding carboxylic acids is 1. The van der Waals surface area contributed by atoms with Crippen molar-refractivity contribution >= 4 is 28.6 Å². The minimum absolute atomic E-state index is 0.223. The molecule has 1 fully saturated rings. The minimum Gasteiger partial charge on any atom is -0.378 e. The first kappa shape index (κ1) is 19.5. The van der Waals surface area contributed by atoms with Crippen LogP contribution in [-0.2, 0) is 4.74 Å². The molecule has 1 N–H and O–H groups in total. The first-order chi connectivity index (χ1) is 15.3. The lowest BCUT2D eigenvalue weighted by Gasteiger charge is -2.30. The molecular weight excluding hydrogens is 410 g/mol. The zero-order valence-electron chi connectivity index (χ0n) is 16.8. The lowest BCUT2D eigenvalue weighted by atomic mass is 10.2. The smallest absolute Gasteiger partial charge is 0.275 e. The summed E-state index contributed by atoms with van der Waals surface area (Å²) in [7, 11) is 0. The lowest BCUT2D eigenvalue weighted by molar-refractivity contribution is 0.102. The molecule has 1 aliphatic heterocycles. The molecule has 0 unspecified atom stereocenters. The number of aromatic nitrogens is 3. The summed E-state index contributed by atoms with van der Waals surface area (Å²) in [5, 5.41) is 9.97. The highest BCUT2D eigenvalue weighted by molar-refractivity contribution is 7.13. The maximum absolute atomic E-state index is 12.9. The third-order valence-corrected chi connectivity index (χ3v) is 5.98. The molecule has 5 rings (SSSR count). The number of nitrogens with zero attached hydrogens (tertiary/aromatic N) is 4. The topological polar surface area (TPSA) is 72.3 Å². The van der Waals surface area contributed by atoms with E-state index in [1.54, 1.807) is 16.3 Å². The molecule has 0 saturated carbocycles. The molecule has 156 valence electrons. The maximum atomic E-state index is 12.9. The number of amides is 1. The van der Waals surface area contributed by atoms with Crippen molar-refractivity contribution in [2.45, 2.75) is 0 Å². The van der Waals surface area contributed by atoms with Gasteiger partial charge >= 0.3 is 0 Å². The van der Waals surface area contributed by atoms with E-state index in [1.807, 2.05) is 60.8 Å². The molecular formula is C23H21N5O2S. The highest BCUT2D eigenvalue weighted by atomic mass is 32.1. The van der Waals surface area contributed by atoms with Crippen LogP contribution in [0.2, 0.25) is 0 Å². The summed E-state index contributed by atoms with van der Waals surface area (Å²) in [6.45, 7) is 2.99. The number of nitrogens with one attached hydrogen (secondary N) is 1. The average molecular weight is 432 g/mol. The fraction of sp³-hybridized carbons (Fsp3) is 0.174. The fourth-order valence-electron chi connectivity index (χ4n) is 3.51. The molecule has 8 heteroatoms. The van der Waals surface area contributed by atoms with Gasteiger partial charge in [0.05, 0.1) is 36.5 Å². The van der Waals surface area contributed by atoms with Gasteiger partial charge in [0.15, 0.2) is 0 Å². The average Bonchev–Trinajstić information content (AvgIpc) is 3.51. The summed E-state index contributed by atoms with van der Waals surface area (Å²) in [4.78, 5) is 19.7. The van der Waals surface area contributed by atoms with Gasteiger partial charge in [-0.15, -0.1) is 11.3 Å². The monoisotopic (exact) mass is 431 g/mol. The standard InChI is InChI=1S/C23H21N5O2S/c29-22(25-19-8-4-5-9-21(19)27-10-12-30-13-11-27)20-16-31-23(26-20)17-14-24-28(15-17)18-6-2-1-3-7-18/h1-9,14-16H,10-13H2,(H,25,29). The molecule has 0 aliphatic carbocycles. The van der Waals surface area contributed by atoms with Crippen molar-refractivity contribution in [1.82, 2.24) is 14.8 Å². The van der Waals surface area contributed by atoms with Crippen molar-refractivity contribution in [3.05, 3.63) is 78.1 Å². The number of carbonyl (C=O) groups is 1. The molecule has 2 aromatic heterocycles. The van der Waals surface area contributed by atoms with Crippen LogP contribution in [0.25, 0.3) is 16.3 Å². The Hall–Kier alpha value is -3.49. The summed E-state index contributed by atoms with van der Waals surface area (Å²) in [5.41, 5.74) is 4.02. The summed E-state index contributed by atoms with van der Waals surface area (Å²) in [6, 6.07) is 17.7. The number of thiazole rings is 1. The van der Waals surface area contributed by atoms with Crippen molar-refractivity contribution in [3.63, 3.8) is 0 Å². The van der Waals surface area contributed by atoms with Gasteiger partial charge in [-0.1, -0.05) is 30.3 Å². The van der Waals surface area contributed by atoms with Crippen molar-refractivity contribution in [3.8, 4) is 16.3 Å². The number of benzene rings is 2. The van der Waals surface area contributed by atoms with Crippen LogP contribution in [0.3, 0.4) is 0 Å². The molecule has 4 aromatic rings. The molecule has 1 aliphatic rings. The Morgan fingerprint density at radius 2 is 1.81 bits per heavy atom. The lowest BCUT2D eigenvalue weighted by Crippen LogP contribution is -2.36. The summed E-state index contributed by atoms with van der Waals surface area (Å²) in [6.07, 6.45) is 3.69. The molecule has 0 spiro atoms. The van der Waals surface area contributed by atoms with Crippen LogP contribution in [0.15, 0.2) is 72.4 Å². The molecule has 31 heavy (non-hydrogen) atoms. The third kappa shape index (κ3) is 4.21. The SMILES string of the molecule is O=C(Nc1ccccc1N1CCOCC1)c1csc(-c2cnn(-c3ccccc3)c2)n1. The van der Waals surface area contributed by atoms with Crippen molar-refractivity contribution < 1.29 is 9.53 Å². The van der Waals surface area contributed by atoms with E-state index in [2.05, 4.69) is 20.3 Å². The number of para-hydroxylation sites is 3. The van der Waals surface area contributed by atoms with Gasteiger partial charge in [-0.2, -0.15) is 5.10 Å². The van der Waals surface area contributed by atoms with Crippen LogP contribution in [-0.4, -0.2) is 47.0 Å². The third-order valence-electron chi connectivity index (χ3n) is 5.09. The van der Waals surface area contributed by atoms with E-state index in [9.17, 15) is 4.79 Å². The van der Waals surface area contributed by atoms with E-state index in [0.29, 0.717) is 18.9 Å². The molecule has 2 aromatic carbocycles. The van der Waals surface area contributed by atoms with E-state index in [0.717, 1.165) is 40.7 Å². The molecule has 0 atom stereocenters. The van der Waals surface area contributed by atoms with Gasteiger partial charge in [-0.3, -0.25) is 4.79 Å². The number of hydrogen-bond donors (Lipinski definition) is 1. The van der Waals surface area contributed by atoms with Crippen LogP contribution in [0.4, 0.5) is 11.4 Å². The predicted octanol–water partition coefficient (Wildman–Crippen LogP) is 4.08. The van der Waals surface area contributed by atoms with Crippen molar-refractivity contribution in [2.24, 2.45) is 0 Å². The van der Waals surface area contributed by atoms with Gasteiger partial charge in [0.2, 0.25) is 0 Å². The second-order valence-electron chi connectivity index (χ2n) is 7.12. The van der Waals surface area contributed by atoms with Gasteiger partial charge in [-0.05, 0) is 24.3 Å². The van der Waals surface area contributed by atoms with Crippen LogP contribution in [0, 0.1) is 0 Å². The first-order valence-electron chi connectivity index (χ1n) is 10.1. The zero-order valence-corrected chi connectivity index (χ0v) is 17.6. The number of rotatable bonds is 5. The van der Waals surface area contributed by atoms with Crippen molar-refractivity contribution in [2.75, 3.05) is 36.5 Å². The summed E-state index contributed by atoms with van der Waals surface area (Å²) < 4.78 is 7.24. The second-order valence-corrected chi connectivity index (χ2v) is 7.98. The van der Waals surface area contributed by atoms with Crippen LogP contribution < -0.4 is 10.2 Å². The van der Waals surface area contributed by atoms with Gasteiger partial charge < -0.3 is 15.0 Å². The number of hydrogen-bond acceptors (Lipinski definition) is 6. The Balaban J connectivity index is 1.33. The van der Waals surface area contributed by atoms with E-state index in [-0.39, 0.29) is 5.91 Å². The normalized spacial score (nSPS) is 13.9. The highest BCUT2D eigenvalue weighted by Gasteiger charge is 2.18. The first-order valence-corrected chi connectivity index (χ1v) is 10.9. The van der Waals surface area contributed by atoms with Crippen LogP contribution in [0.5, 0.6) is 0 Å². The van der Waals surface area contributed by atoms with Gasteiger partial charge in [0, 0.05) is 30.2 Å². The Labute approximate surface area is 183 Å². The Morgan fingerprint density at radius 3 is 2.65 bits per heavy atom. The van der Waals surface area contributed by atoms with Gasteiger partial charge in [0.25, 0.3) is 5.91 Å². The highest BCUT2D eigenvalue weighted by Crippen LogP contribution is 2.28. The predicted molar refractivity (Wildman–Crippen MR) is 122 cm³/mol. The molecule has 0 bridgehead atoms. The number of anilines is 2. The van der Waals surface area contributed by atoms with E-state index < -0.39 is 0 Å². The van der Waals surface area contributed by atoms with Crippen molar-refractivity contribution in [1.29, 1.82) is 0 Å². The molecule has 1 saturated heterocycles. The molecule has 1 amide bonds. The van der Waals surface area contributed by atoms with E-state index >= 15 is 0 Å². The second kappa shape index (κ2) is 8.71. The summed E-state index contributed by atoms with van der Waals surface area (Å²) in [5.74, 6) is -0.223. The molecule has 7 nitrogen and oxygen atoms in total. The van der Waals surface area contributed by atoms with Crippen LogP contribution >= 0.6 is 11.3 Å². The Kier molecular flexibility index (Phi) is 5.47. The largest absolute Gasteiger partial charge is 0.378 e. The molecule has 3 heterocycles. The zero-order chi connectivity index (χ0) is 21.0. The number of morpholine rings is 1. The van der Waals surface area contributed by atoms with E-state index in [1.165, 1.54) is 11.3 Å². The summed E-state index contributed by atoms with van der Waals surface area (Å²) >= 11 is 1.43. The Morgan fingerprint density at radius 1 is 1.03 bits per heavy atom. The fourth-order valence-corrected chi connectivity index (χ4v) is 4.29. The Bertz CT molecular complexity index is 1180. The van der Waals surface area contributed by atoms with Crippen LogP contribution in [0.1, 0.15) is 10.5 Å². The van der Waals surface area contributed by atoms with Gasteiger partial charge in [-0.25, -0.2) is 9.67 Å². The maximum Gasteiger partial charge on any atom is 0.275 e. The molecule has 0 radical (unpaired) electrons. The van der Waals surface area contributed by atoms with Gasteiger partial charge in [0.1, 0.15) is 10.7 Å². The number of ether oxygens (including phenoxy) is 1.